The molecule has 0 bridgehead atoms. The van der Waals surface area contributed by atoms with E-state index in [1.54, 1.807) is 0 Å². The SMILES string of the molecule is O=C(O)Cc1c(C2CCCC2)nc[nH]c1=O. The number of carboxylic acids is 1. The van der Waals surface area contributed by atoms with Crippen molar-refractivity contribution in [1.82, 2.24) is 9.97 Å². The smallest absolute Gasteiger partial charge is 0.308 e. The lowest BCUT2D eigenvalue weighted by Crippen LogP contribution is -2.21. The summed E-state index contributed by atoms with van der Waals surface area (Å²) >= 11 is 0. The van der Waals surface area contributed by atoms with Gasteiger partial charge in [0.1, 0.15) is 0 Å². The summed E-state index contributed by atoms with van der Waals surface area (Å²) in [6, 6.07) is 0. The minimum Gasteiger partial charge on any atom is -0.481 e. The zero-order valence-electron chi connectivity index (χ0n) is 8.90. The Labute approximate surface area is 92.5 Å². The molecule has 0 radical (unpaired) electrons. The van der Waals surface area contributed by atoms with E-state index in [0.29, 0.717) is 11.3 Å². The predicted octanol–water partition coefficient (Wildman–Crippen LogP) is 1.05. The van der Waals surface area contributed by atoms with Crippen LogP contribution in [0.1, 0.15) is 42.9 Å². The lowest BCUT2D eigenvalue weighted by Gasteiger charge is -2.11. The molecule has 1 fully saturated rings. The molecule has 2 rings (SSSR count). The Hall–Kier alpha value is -1.65. The summed E-state index contributed by atoms with van der Waals surface area (Å²) in [5.41, 5.74) is 0.685. The number of rotatable bonds is 3. The average molecular weight is 222 g/mol. The second-order valence-corrected chi connectivity index (χ2v) is 4.15. The van der Waals surface area contributed by atoms with Crippen LogP contribution in [-0.2, 0) is 11.2 Å². The molecule has 0 amide bonds. The van der Waals surface area contributed by atoms with Crippen LogP contribution in [0.15, 0.2) is 11.1 Å². The second kappa shape index (κ2) is 4.47. The van der Waals surface area contributed by atoms with E-state index in [9.17, 15) is 9.59 Å². The minimum atomic E-state index is -0.988. The molecule has 1 aliphatic carbocycles. The topological polar surface area (TPSA) is 83.0 Å². The maximum atomic E-state index is 11.6. The van der Waals surface area contributed by atoms with Crippen LogP contribution in [0, 0.1) is 0 Å². The number of aromatic amines is 1. The van der Waals surface area contributed by atoms with Gasteiger partial charge in [0.25, 0.3) is 5.56 Å². The molecule has 1 heterocycles. The number of carbonyl (C=O) groups is 1. The number of carboxylic acid groups (broad SMARTS) is 1. The Kier molecular flexibility index (Phi) is 3.03. The van der Waals surface area contributed by atoms with Gasteiger partial charge >= 0.3 is 5.97 Å². The summed E-state index contributed by atoms with van der Waals surface area (Å²) < 4.78 is 0. The van der Waals surface area contributed by atoms with Crippen LogP contribution in [0.3, 0.4) is 0 Å². The van der Waals surface area contributed by atoms with Crippen molar-refractivity contribution in [2.24, 2.45) is 0 Å². The molecular weight excluding hydrogens is 208 g/mol. The molecule has 0 spiro atoms. The van der Waals surface area contributed by atoms with E-state index < -0.39 is 5.97 Å². The molecule has 0 aromatic carbocycles. The third kappa shape index (κ3) is 2.13. The maximum Gasteiger partial charge on any atom is 0.308 e. The van der Waals surface area contributed by atoms with E-state index >= 15 is 0 Å². The van der Waals surface area contributed by atoms with E-state index in [0.717, 1.165) is 25.7 Å². The summed E-state index contributed by atoms with van der Waals surface area (Å²) in [4.78, 5) is 28.9. The van der Waals surface area contributed by atoms with Gasteiger partial charge in [-0.25, -0.2) is 4.98 Å². The highest BCUT2D eigenvalue weighted by molar-refractivity contribution is 5.70. The fourth-order valence-corrected chi connectivity index (χ4v) is 2.31. The quantitative estimate of drug-likeness (QED) is 0.800. The van der Waals surface area contributed by atoms with Crippen LogP contribution >= 0.6 is 0 Å². The summed E-state index contributed by atoms with van der Waals surface area (Å²) in [6.45, 7) is 0. The zero-order valence-corrected chi connectivity index (χ0v) is 8.90. The highest BCUT2D eigenvalue weighted by atomic mass is 16.4. The predicted molar refractivity (Wildman–Crippen MR) is 57.4 cm³/mol. The first-order valence-electron chi connectivity index (χ1n) is 5.46. The summed E-state index contributed by atoms with van der Waals surface area (Å²) in [6.07, 6.45) is 5.39. The molecule has 1 aromatic heterocycles. The Bertz CT molecular complexity index is 447. The molecular formula is C11H14N2O3. The van der Waals surface area contributed by atoms with Gasteiger partial charge in [-0.05, 0) is 12.8 Å². The molecule has 16 heavy (non-hydrogen) atoms. The molecule has 5 heteroatoms. The molecule has 0 aliphatic heterocycles. The van der Waals surface area contributed by atoms with Gasteiger partial charge in [-0.2, -0.15) is 0 Å². The number of nitrogens with zero attached hydrogens (tertiary/aromatic N) is 1. The lowest BCUT2D eigenvalue weighted by atomic mass is 9.98. The van der Waals surface area contributed by atoms with Gasteiger partial charge in [0.05, 0.1) is 24.0 Å². The van der Waals surface area contributed by atoms with Crippen molar-refractivity contribution in [3.8, 4) is 0 Å². The summed E-state index contributed by atoms with van der Waals surface area (Å²) in [5, 5.41) is 8.78. The molecule has 1 aliphatic rings. The van der Waals surface area contributed by atoms with Crippen LogP contribution in [-0.4, -0.2) is 21.0 Å². The van der Waals surface area contributed by atoms with Gasteiger partial charge in [-0.1, -0.05) is 12.8 Å². The lowest BCUT2D eigenvalue weighted by molar-refractivity contribution is -0.136. The Morgan fingerprint density at radius 3 is 2.81 bits per heavy atom. The van der Waals surface area contributed by atoms with Crippen molar-refractivity contribution in [3.05, 3.63) is 27.9 Å². The van der Waals surface area contributed by atoms with E-state index in [-0.39, 0.29) is 17.9 Å². The van der Waals surface area contributed by atoms with Crippen molar-refractivity contribution in [2.75, 3.05) is 0 Å². The van der Waals surface area contributed by atoms with Gasteiger partial charge < -0.3 is 10.1 Å². The average Bonchev–Trinajstić information content (AvgIpc) is 2.73. The van der Waals surface area contributed by atoms with Crippen molar-refractivity contribution < 1.29 is 9.90 Å². The minimum absolute atomic E-state index is 0.241. The number of aliphatic carboxylic acids is 1. The highest BCUT2D eigenvalue weighted by Gasteiger charge is 2.23. The van der Waals surface area contributed by atoms with E-state index in [4.69, 9.17) is 5.11 Å². The van der Waals surface area contributed by atoms with E-state index in [1.807, 2.05) is 0 Å². The van der Waals surface area contributed by atoms with Crippen molar-refractivity contribution in [3.63, 3.8) is 0 Å². The van der Waals surface area contributed by atoms with Crippen molar-refractivity contribution in [2.45, 2.75) is 38.0 Å². The van der Waals surface area contributed by atoms with Crippen molar-refractivity contribution >= 4 is 5.97 Å². The van der Waals surface area contributed by atoms with Crippen LogP contribution in [0.25, 0.3) is 0 Å². The van der Waals surface area contributed by atoms with Gasteiger partial charge in [0.15, 0.2) is 0 Å². The number of aromatic nitrogens is 2. The van der Waals surface area contributed by atoms with Gasteiger partial charge in [-0.15, -0.1) is 0 Å². The largest absolute Gasteiger partial charge is 0.481 e. The normalized spacial score (nSPS) is 16.5. The molecule has 5 nitrogen and oxygen atoms in total. The molecule has 0 unspecified atom stereocenters. The Morgan fingerprint density at radius 2 is 2.19 bits per heavy atom. The van der Waals surface area contributed by atoms with Crippen LogP contribution in [0.2, 0.25) is 0 Å². The molecule has 0 atom stereocenters. The second-order valence-electron chi connectivity index (χ2n) is 4.15. The monoisotopic (exact) mass is 222 g/mol. The maximum absolute atomic E-state index is 11.6. The van der Waals surface area contributed by atoms with E-state index in [2.05, 4.69) is 9.97 Å². The van der Waals surface area contributed by atoms with Crippen LogP contribution in [0.5, 0.6) is 0 Å². The molecule has 2 N–H and O–H groups in total. The first kappa shape index (κ1) is 10.9. The van der Waals surface area contributed by atoms with Gasteiger partial charge in [0, 0.05) is 5.92 Å². The molecule has 0 saturated heterocycles. The summed E-state index contributed by atoms with van der Waals surface area (Å²) in [7, 11) is 0. The third-order valence-electron chi connectivity index (χ3n) is 3.05. The first-order chi connectivity index (χ1) is 7.68. The summed E-state index contributed by atoms with van der Waals surface area (Å²) in [5.74, 6) is -0.727. The zero-order chi connectivity index (χ0) is 11.5. The third-order valence-corrected chi connectivity index (χ3v) is 3.05. The number of nitrogens with one attached hydrogen (secondary N) is 1. The standard InChI is InChI=1S/C11H14N2O3/c14-9(15)5-8-10(7-3-1-2-4-7)12-6-13-11(8)16/h6-7H,1-5H2,(H,14,15)(H,12,13,16). The molecule has 1 aromatic rings. The molecule has 86 valence electrons. The first-order valence-corrected chi connectivity index (χ1v) is 5.46. The van der Waals surface area contributed by atoms with Crippen molar-refractivity contribution in [1.29, 1.82) is 0 Å². The number of hydrogen-bond acceptors (Lipinski definition) is 3. The number of H-pyrrole nitrogens is 1. The fraction of sp³-hybridized carbons (Fsp3) is 0.545. The van der Waals surface area contributed by atoms with E-state index in [1.165, 1.54) is 6.33 Å². The van der Waals surface area contributed by atoms with Crippen LogP contribution in [0.4, 0.5) is 0 Å². The van der Waals surface area contributed by atoms with Crippen LogP contribution < -0.4 is 5.56 Å². The number of hydrogen-bond donors (Lipinski definition) is 2. The Balaban J connectivity index is 2.38. The Morgan fingerprint density at radius 1 is 1.50 bits per heavy atom. The van der Waals surface area contributed by atoms with Gasteiger partial charge in [-0.3, -0.25) is 9.59 Å². The highest BCUT2D eigenvalue weighted by Crippen LogP contribution is 2.33. The fourth-order valence-electron chi connectivity index (χ4n) is 2.31. The molecule has 1 saturated carbocycles. The van der Waals surface area contributed by atoms with Gasteiger partial charge in [0.2, 0.25) is 0 Å².